The van der Waals surface area contributed by atoms with Crippen LogP contribution in [0.5, 0.6) is 0 Å². The number of carboxylic acid groups (broad SMARTS) is 1. The van der Waals surface area contributed by atoms with Gasteiger partial charge in [-0.3, -0.25) is 14.9 Å². The van der Waals surface area contributed by atoms with Crippen LogP contribution in [0.4, 0.5) is 5.69 Å². The third-order valence-corrected chi connectivity index (χ3v) is 3.61. The van der Waals surface area contributed by atoms with E-state index in [1.165, 1.54) is 6.07 Å². The fourth-order valence-corrected chi connectivity index (χ4v) is 2.21. The Kier molecular flexibility index (Phi) is 4.86. The zero-order chi connectivity index (χ0) is 14.7. The van der Waals surface area contributed by atoms with Gasteiger partial charge in [0.05, 0.1) is 17.3 Å². The Morgan fingerprint density at radius 2 is 2.05 bits per heavy atom. The van der Waals surface area contributed by atoms with Gasteiger partial charge in [-0.25, -0.2) is 0 Å². The Morgan fingerprint density at radius 1 is 1.35 bits per heavy atom. The number of carbonyl (C=O) groups excluding carboxylic acids is 1. The van der Waals surface area contributed by atoms with Crippen molar-refractivity contribution in [1.82, 2.24) is 5.32 Å². The average molecular weight is 317 g/mol. The lowest BCUT2D eigenvalue weighted by atomic mass is 10.2. The molecular weight excluding hydrogens is 303 g/mol. The molecule has 1 fully saturated rings. The van der Waals surface area contributed by atoms with Gasteiger partial charge in [0, 0.05) is 5.02 Å². The van der Waals surface area contributed by atoms with Gasteiger partial charge in [0.2, 0.25) is 5.91 Å². The van der Waals surface area contributed by atoms with Crippen LogP contribution in [0.3, 0.4) is 0 Å². The number of carbonyl (C=O) groups is 2. The second-order valence-electron chi connectivity index (χ2n) is 4.71. The maximum Gasteiger partial charge on any atom is 0.320 e. The molecule has 7 heteroatoms. The molecule has 0 bridgehead atoms. The van der Waals surface area contributed by atoms with Crippen LogP contribution in [0.15, 0.2) is 18.2 Å². The summed E-state index contributed by atoms with van der Waals surface area (Å²) in [7, 11) is 0. The molecule has 3 N–H and O–H groups in total. The van der Waals surface area contributed by atoms with Gasteiger partial charge in [-0.2, -0.15) is 0 Å². The summed E-state index contributed by atoms with van der Waals surface area (Å²) in [5.41, 5.74) is 0.407. The van der Waals surface area contributed by atoms with Crippen LogP contribution < -0.4 is 10.6 Å². The third-order valence-electron chi connectivity index (χ3n) is 3.04. The molecule has 1 unspecified atom stereocenters. The van der Waals surface area contributed by atoms with Crippen molar-refractivity contribution in [2.24, 2.45) is 5.92 Å². The zero-order valence-corrected chi connectivity index (χ0v) is 12.0. The zero-order valence-electron chi connectivity index (χ0n) is 10.5. The van der Waals surface area contributed by atoms with Gasteiger partial charge in [0.15, 0.2) is 0 Å². The van der Waals surface area contributed by atoms with E-state index in [-0.39, 0.29) is 18.4 Å². The molecule has 1 amide bonds. The fourth-order valence-electron chi connectivity index (χ4n) is 1.88. The van der Waals surface area contributed by atoms with E-state index < -0.39 is 12.0 Å². The molecule has 0 spiro atoms. The second-order valence-corrected chi connectivity index (χ2v) is 5.55. The number of aliphatic carboxylic acids is 1. The Labute approximate surface area is 126 Å². The lowest BCUT2D eigenvalue weighted by molar-refractivity contribution is -0.140. The summed E-state index contributed by atoms with van der Waals surface area (Å²) in [5, 5.41) is 15.2. The van der Waals surface area contributed by atoms with E-state index in [1.54, 1.807) is 12.1 Å². The molecule has 0 saturated heterocycles. The van der Waals surface area contributed by atoms with Gasteiger partial charge < -0.3 is 10.4 Å². The van der Waals surface area contributed by atoms with Gasteiger partial charge in [-0.05, 0) is 37.0 Å². The third kappa shape index (κ3) is 4.10. The molecule has 0 aromatic heterocycles. The fraction of sp³-hybridized carbons (Fsp3) is 0.385. The van der Waals surface area contributed by atoms with Crippen molar-refractivity contribution in [3.8, 4) is 0 Å². The second kappa shape index (κ2) is 6.43. The maximum absolute atomic E-state index is 11.8. The Morgan fingerprint density at radius 3 is 2.65 bits per heavy atom. The first-order valence-electron chi connectivity index (χ1n) is 6.18. The van der Waals surface area contributed by atoms with Crippen LogP contribution in [0.25, 0.3) is 0 Å². The van der Waals surface area contributed by atoms with Gasteiger partial charge in [0.25, 0.3) is 0 Å². The summed E-state index contributed by atoms with van der Waals surface area (Å²) in [6, 6.07) is 4.07. The van der Waals surface area contributed by atoms with Crippen LogP contribution in [-0.4, -0.2) is 29.6 Å². The minimum absolute atomic E-state index is 0.0870. The van der Waals surface area contributed by atoms with Crippen molar-refractivity contribution < 1.29 is 14.7 Å². The highest BCUT2D eigenvalue weighted by molar-refractivity contribution is 6.35. The minimum atomic E-state index is -0.930. The van der Waals surface area contributed by atoms with Gasteiger partial charge in [-0.1, -0.05) is 23.2 Å². The number of hydrogen-bond acceptors (Lipinski definition) is 3. The number of nitrogens with one attached hydrogen (secondary N) is 2. The number of benzene rings is 1. The van der Waals surface area contributed by atoms with Crippen molar-refractivity contribution in [2.75, 3.05) is 11.9 Å². The Balaban J connectivity index is 1.88. The first kappa shape index (κ1) is 15.1. The van der Waals surface area contributed by atoms with E-state index in [0.29, 0.717) is 15.7 Å². The molecule has 1 atom stereocenters. The van der Waals surface area contributed by atoms with Crippen LogP contribution in [-0.2, 0) is 9.59 Å². The summed E-state index contributed by atoms with van der Waals surface area (Å²) in [6.45, 7) is -0.0870. The predicted octanol–water partition coefficient (Wildman–Crippen LogP) is 2.38. The molecule has 0 heterocycles. The SMILES string of the molecule is O=C(CNC(C(=O)O)C1CC1)Nc1cc(Cl)ccc1Cl. The van der Waals surface area contributed by atoms with Gasteiger partial charge in [0.1, 0.15) is 6.04 Å². The topological polar surface area (TPSA) is 78.4 Å². The van der Waals surface area contributed by atoms with Gasteiger partial charge >= 0.3 is 5.97 Å². The van der Waals surface area contributed by atoms with E-state index in [4.69, 9.17) is 28.3 Å². The number of rotatable bonds is 6. The van der Waals surface area contributed by atoms with Gasteiger partial charge in [-0.15, -0.1) is 0 Å². The number of halogens is 2. The predicted molar refractivity (Wildman–Crippen MR) is 77.2 cm³/mol. The smallest absolute Gasteiger partial charge is 0.320 e. The molecular formula is C13H14Cl2N2O3. The number of amides is 1. The van der Waals surface area contributed by atoms with E-state index in [1.807, 2.05) is 0 Å². The number of carboxylic acids is 1. The van der Waals surface area contributed by atoms with E-state index >= 15 is 0 Å². The lowest BCUT2D eigenvalue weighted by Crippen LogP contribution is -2.42. The lowest BCUT2D eigenvalue weighted by Gasteiger charge is -2.13. The number of hydrogen-bond donors (Lipinski definition) is 3. The molecule has 0 radical (unpaired) electrons. The van der Waals surface area contributed by atoms with Crippen molar-refractivity contribution >= 4 is 40.8 Å². The summed E-state index contributed by atoms with van der Waals surface area (Å²) in [5.74, 6) is -1.17. The highest BCUT2D eigenvalue weighted by Gasteiger charge is 2.36. The van der Waals surface area contributed by atoms with E-state index in [0.717, 1.165) is 12.8 Å². The monoisotopic (exact) mass is 316 g/mol. The highest BCUT2D eigenvalue weighted by atomic mass is 35.5. The van der Waals surface area contributed by atoms with E-state index in [2.05, 4.69) is 10.6 Å². The van der Waals surface area contributed by atoms with Crippen LogP contribution in [0, 0.1) is 5.92 Å². The Hall–Kier alpha value is -1.30. The molecule has 0 aliphatic heterocycles. The largest absolute Gasteiger partial charge is 0.480 e. The van der Waals surface area contributed by atoms with Crippen molar-refractivity contribution in [3.63, 3.8) is 0 Å². The summed E-state index contributed by atoms with van der Waals surface area (Å²) in [4.78, 5) is 22.8. The van der Waals surface area contributed by atoms with Crippen LogP contribution in [0.1, 0.15) is 12.8 Å². The van der Waals surface area contributed by atoms with Crippen LogP contribution in [0.2, 0.25) is 10.0 Å². The molecule has 1 aliphatic rings. The standard InChI is InChI=1S/C13H14Cl2N2O3/c14-8-3-4-9(15)10(5-8)17-11(18)6-16-12(13(19)20)7-1-2-7/h3-5,7,12,16H,1-2,6H2,(H,17,18)(H,19,20). The summed E-state index contributed by atoms with van der Waals surface area (Å²) in [6.07, 6.45) is 1.76. The molecule has 1 aromatic carbocycles. The Bertz CT molecular complexity index is 532. The number of anilines is 1. The minimum Gasteiger partial charge on any atom is -0.480 e. The first-order chi connectivity index (χ1) is 9.47. The van der Waals surface area contributed by atoms with Crippen molar-refractivity contribution in [1.29, 1.82) is 0 Å². The average Bonchev–Trinajstić information content (AvgIpc) is 3.18. The summed E-state index contributed by atoms with van der Waals surface area (Å²) < 4.78 is 0. The van der Waals surface area contributed by atoms with E-state index in [9.17, 15) is 9.59 Å². The molecule has 20 heavy (non-hydrogen) atoms. The molecule has 1 saturated carbocycles. The van der Waals surface area contributed by atoms with Crippen molar-refractivity contribution in [2.45, 2.75) is 18.9 Å². The molecule has 2 rings (SSSR count). The van der Waals surface area contributed by atoms with Crippen molar-refractivity contribution in [3.05, 3.63) is 28.2 Å². The molecule has 5 nitrogen and oxygen atoms in total. The maximum atomic E-state index is 11.8. The molecule has 108 valence electrons. The quantitative estimate of drug-likeness (QED) is 0.753. The normalized spacial score (nSPS) is 15.7. The summed E-state index contributed by atoms with van der Waals surface area (Å²) >= 11 is 11.7. The highest BCUT2D eigenvalue weighted by Crippen LogP contribution is 2.32. The van der Waals surface area contributed by atoms with Crippen LogP contribution >= 0.6 is 23.2 Å². The molecule has 1 aromatic rings. The first-order valence-corrected chi connectivity index (χ1v) is 6.94. The molecule has 1 aliphatic carbocycles.